The Morgan fingerprint density at radius 3 is 2.59 bits per heavy atom. The number of hydrogen-bond acceptors (Lipinski definition) is 4. The highest BCUT2D eigenvalue weighted by Crippen LogP contribution is 2.28. The molecule has 154 valence electrons. The van der Waals surface area contributed by atoms with Gasteiger partial charge in [0.25, 0.3) is 0 Å². The standard InChI is InChI=1S/C22H27N3O4/c1-4-28-21(26)18-16(24-22(27)25-20(18)17-11-8-12-29-17)13-23-19(14(2)3)15-9-6-5-7-10-15/h5-12,14,19-20,23H,4,13H2,1-3H3,(H2,24,25,27)/p+1/t19-,20-/m0/s1. The van der Waals surface area contributed by atoms with Crippen molar-refractivity contribution in [3.05, 3.63) is 71.3 Å². The number of carbonyl (C=O) groups is 2. The van der Waals surface area contributed by atoms with Crippen LogP contribution in [-0.4, -0.2) is 25.2 Å². The molecule has 0 fully saturated rings. The van der Waals surface area contributed by atoms with Gasteiger partial charge in [-0.05, 0) is 19.1 Å². The highest BCUT2D eigenvalue weighted by molar-refractivity contribution is 5.95. The fourth-order valence-corrected chi connectivity index (χ4v) is 3.61. The van der Waals surface area contributed by atoms with Crippen molar-refractivity contribution in [1.29, 1.82) is 0 Å². The molecule has 0 aliphatic carbocycles. The molecular weight excluding hydrogens is 370 g/mol. The van der Waals surface area contributed by atoms with E-state index in [4.69, 9.17) is 9.15 Å². The van der Waals surface area contributed by atoms with Gasteiger partial charge in [-0.2, -0.15) is 0 Å². The Morgan fingerprint density at radius 2 is 1.97 bits per heavy atom. The Balaban J connectivity index is 1.92. The fraction of sp³-hybridized carbons (Fsp3) is 0.364. The lowest BCUT2D eigenvalue weighted by atomic mass is 9.95. The molecule has 7 heteroatoms. The van der Waals surface area contributed by atoms with Gasteiger partial charge >= 0.3 is 12.0 Å². The van der Waals surface area contributed by atoms with Crippen LogP contribution in [0.3, 0.4) is 0 Å². The molecule has 0 radical (unpaired) electrons. The second kappa shape index (κ2) is 9.43. The normalized spacial score (nSPS) is 17.7. The lowest BCUT2D eigenvalue weighted by Crippen LogP contribution is -2.87. The van der Waals surface area contributed by atoms with Gasteiger partial charge in [0.15, 0.2) is 0 Å². The van der Waals surface area contributed by atoms with Crippen molar-refractivity contribution >= 4 is 12.0 Å². The van der Waals surface area contributed by atoms with Crippen LogP contribution in [0.15, 0.2) is 64.4 Å². The molecule has 1 aliphatic rings. The Kier molecular flexibility index (Phi) is 6.72. The largest absolute Gasteiger partial charge is 0.467 e. The summed E-state index contributed by atoms with van der Waals surface area (Å²) < 4.78 is 10.7. The van der Waals surface area contributed by atoms with Gasteiger partial charge in [0.2, 0.25) is 0 Å². The third-order valence-corrected chi connectivity index (χ3v) is 4.96. The molecule has 7 nitrogen and oxygen atoms in total. The molecule has 1 aliphatic heterocycles. The quantitative estimate of drug-likeness (QED) is 0.595. The summed E-state index contributed by atoms with van der Waals surface area (Å²) in [5.41, 5.74) is 2.10. The van der Waals surface area contributed by atoms with Crippen LogP contribution in [0.2, 0.25) is 0 Å². The first-order valence-corrected chi connectivity index (χ1v) is 9.90. The van der Waals surface area contributed by atoms with Crippen LogP contribution < -0.4 is 16.0 Å². The number of esters is 1. The van der Waals surface area contributed by atoms with Crippen molar-refractivity contribution in [1.82, 2.24) is 10.6 Å². The Hall–Kier alpha value is -3.06. The number of amides is 2. The van der Waals surface area contributed by atoms with E-state index in [1.807, 2.05) is 18.2 Å². The summed E-state index contributed by atoms with van der Waals surface area (Å²) in [4.78, 5) is 25.0. The van der Waals surface area contributed by atoms with E-state index in [0.717, 1.165) is 0 Å². The smallest absolute Gasteiger partial charge is 0.338 e. The second-order valence-corrected chi connectivity index (χ2v) is 7.28. The molecule has 4 N–H and O–H groups in total. The van der Waals surface area contributed by atoms with Gasteiger partial charge in [0.05, 0.1) is 24.1 Å². The van der Waals surface area contributed by atoms with Gasteiger partial charge < -0.3 is 25.1 Å². The van der Waals surface area contributed by atoms with Crippen LogP contribution in [0.25, 0.3) is 0 Å². The number of hydrogen-bond donors (Lipinski definition) is 3. The summed E-state index contributed by atoms with van der Waals surface area (Å²) in [7, 11) is 0. The Bertz CT molecular complexity index is 859. The van der Waals surface area contributed by atoms with E-state index in [1.54, 1.807) is 19.1 Å². The minimum atomic E-state index is -0.685. The number of rotatable bonds is 8. The van der Waals surface area contributed by atoms with E-state index in [-0.39, 0.29) is 18.7 Å². The van der Waals surface area contributed by atoms with Crippen molar-refractivity contribution in [3.8, 4) is 0 Å². The number of nitrogens with two attached hydrogens (primary N) is 1. The predicted molar refractivity (Wildman–Crippen MR) is 108 cm³/mol. The summed E-state index contributed by atoms with van der Waals surface area (Å²) in [5.74, 6) is 0.386. The molecule has 0 bridgehead atoms. The first-order valence-electron chi connectivity index (χ1n) is 9.90. The van der Waals surface area contributed by atoms with Gasteiger partial charge in [0.1, 0.15) is 24.4 Å². The summed E-state index contributed by atoms with van der Waals surface area (Å²) in [6.07, 6.45) is 1.52. The zero-order valence-corrected chi connectivity index (χ0v) is 17.0. The van der Waals surface area contributed by atoms with Crippen molar-refractivity contribution in [3.63, 3.8) is 0 Å². The lowest BCUT2D eigenvalue weighted by Gasteiger charge is -2.28. The molecular formula is C22H28N3O4+. The molecule has 2 aromatic rings. The molecule has 3 rings (SSSR count). The van der Waals surface area contributed by atoms with Gasteiger partial charge in [-0.25, -0.2) is 9.59 Å². The molecule has 0 saturated heterocycles. The molecule has 1 aromatic carbocycles. The van der Waals surface area contributed by atoms with Gasteiger partial charge in [-0.1, -0.05) is 44.2 Å². The Morgan fingerprint density at radius 1 is 1.21 bits per heavy atom. The van der Waals surface area contributed by atoms with Gasteiger partial charge in [-0.15, -0.1) is 0 Å². The highest BCUT2D eigenvalue weighted by Gasteiger charge is 2.36. The van der Waals surface area contributed by atoms with Gasteiger partial charge in [0, 0.05) is 11.5 Å². The third kappa shape index (κ3) is 4.86. The zero-order valence-electron chi connectivity index (χ0n) is 17.0. The van der Waals surface area contributed by atoms with E-state index in [0.29, 0.717) is 29.5 Å². The third-order valence-electron chi connectivity index (χ3n) is 4.96. The maximum atomic E-state index is 12.7. The van der Waals surface area contributed by atoms with E-state index in [9.17, 15) is 9.59 Å². The van der Waals surface area contributed by atoms with Crippen LogP contribution in [0.4, 0.5) is 4.79 Å². The summed E-state index contributed by atoms with van der Waals surface area (Å²) >= 11 is 0. The lowest BCUT2D eigenvalue weighted by molar-refractivity contribution is -0.696. The highest BCUT2D eigenvalue weighted by atomic mass is 16.5. The fourth-order valence-electron chi connectivity index (χ4n) is 3.61. The van der Waals surface area contributed by atoms with Crippen LogP contribution in [0.1, 0.15) is 44.2 Å². The average Bonchev–Trinajstić information content (AvgIpc) is 3.23. The molecule has 1 aromatic heterocycles. The van der Waals surface area contributed by atoms with E-state index >= 15 is 0 Å². The minimum absolute atomic E-state index is 0.181. The van der Waals surface area contributed by atoms with Crippen LogP contribution in [0, 0.1) is 5.92 Å². The maximum Gasteiger partial charge on any atom is 0.338 e. The zero-order chi connectivity index (χ0) is 20.8. The average molecular weight is 398 g/mol. The number of quaternary nitrogens is 1. The first kappa shape index (κ1) is 20.7. The second-order valence-electron chi connectivity index (χ2n) is 7.28. The van der Waals surface area contributed by atoms with Crippen molar-refractivity contribution < 1.29 is 24.1 Å². The van der Waals surface area contributed by atoms with E-state index < -0.39 is 12.0 Å². The molecule has 29 heavy (non-hydrogen) atoms. The topological polar surface area (TPSA) is 97.2 Å². The first-order chi connectivity index (χ1) is 14.0. The SMILES string of the molecule is CCOC(=O)C1=C(C[NH2+][C@H](c2ccccc2)C(C)C)NC(=O)N[C@H]1c1ccco1. The number of ether oxygens (including phenoxy) is 1. The van der Waals surface area contributed by atoms with E-state index in [1.165, 1.54) is 11.8 Å². The molecule has 0 saturated carbocycles. The number of furan rings is 1. The van der Waals surface area contributed by atoms with Crippen LogP contribution in [0.5, 0.6) is 0 Å². The van der Waals surface area contributed by atoms with Crippen LogP contribution in [-0.2, 0) is 9.53 Å². The molecule has 2 atom stereocenters. The molecule has 0 spiro atoms. The number of urea groups is 1. The summed E-state index contributed by atoms with van der Waals surface area (Å²) in [6.45, 7) is 6.74. The number of carbonyl (C=O) groups excluding carboxylic acids is 2. The maximum absolute atomic E-state index is 12.7. The monoisotopic (exact) mass is 398 g/mol. The van der Waals surface area contributed by atoms with Crippen molar-refractivity contribution in [2.75, 3.05) is 13.2 Å². The predicted octanol–water partition coefficient (Wildman–Crippen LogP) is 2.41. The van der Waals surface area contributed by atoms with E-state index in [2.05, 4.69) is 41.9 Å². The molecule has 2 heterocycles. The van der Waals surface area contributed by atoms with Crippen LogP contribution >= 0.6 is 0 Å². The van der Waals surface area contributed by atoms with Gasteiger partial charge in [-0.3, -0.25) is 0 Å². The number of benzene rings is 1. The minimum Gasteiger partial charge on any atom is -0.467 e. The molecule has 2 amide bonds. The number of nitrogens with one attached hydrogen (secondary N) is 2. The van der Waals surface area contributed by atoms with Crippen molar-refractivity contribution in [2.45, 2.75) is 32.9 Å². The summed E-state index contributed by atoms with van der Waals surface area (Å²) in [6, 6.07) is 12.8. The summed E-state index contributed by atoms with van der Waals surface area (Å²) in [5, 5.41) is 7.70. The van der Waals surface area contributed by atoms with Crippen molar-refractivity contribution in [2.24, 2.45) is 5.92 Å². The Labute approximate surface area is 170 Å². The molecule has 0 unspecified atom stereocenters.